The number of carbonyl (C=O) groups is 3. The normalized spacial score (nSPS) is 16.1. The first kappa shape index (κ1) is 22.1. The Balaban J connectivity index is 1.55. The standard InChI is InChI=1S/C18H23N7O6/c19-18-23-14-13(16(29)24-18)21-10(7-20-14)8-25-5-3-9(4-6-25)15(28)22-11(17(30)31)1-2-12(26)27/h7,9,11H,1-6,8H2,(H,22,28)(H,26,27)(H,30,31)(H3,19,20,23,24,29)/t11-/m0/s1. The highest BCUT2D eigenvalue weighted by atomic mass is 16.4. The van der Waals surface area contributed by atoms with Crippen LogP contribution in [-0.4, -0.2) is 72.0 Å². The molecule has 1 saturated heterocycles. The van der Waals surface area contributed by atoms with Gasteiger partial charge in [-0.3, -0.25) is 24.3 Å². The number of anilines is 1. The number of nitrogens with zero attached hydrogens (tertiary/aromatic N) is 4. The summed E-state index contributed by atoms with van der Waals surface area (Å²) in [6, 6.07) is -1.23. The lowest BCUT2D eigenvalue weighted by Crippen LogP contribution is -2.46. The van der Waals surface area contributed by atoms with E-state index in [1.165, 1.54) is 6.20 Å². The lowest BCUT2D eigenvalue weighted by molar-refractivity contribution is -0.144. The number of nitrogen functional groups attached to an aromatic ring is 1. The molecular formula is C18H23N7O6. The van der Waals surface area contributed by atoms with E-state index in [4.69, 9.17) is 10.8 Å². The molecule has 13 heteroatoms. The molecule has 0 aromatic carbocycles. The minimum Gasteiger partial charge on any atom is -0.481 e. The molecule has 0 saturated carbocycles. The van der Waals surface area contributed by atoms with Crippen LogP contribution in [-0.2, 0) is 20.9 Å². The average molecular weight is 433 g/mol. The van der Waals surface area contributed by atoms with Crippen LogP contribution in [0.25, 0.3) is 11.2 Å². The number of nitrogens with two attached hydrogens (primary N) is 1. The third kappa shape index (κ3) is 5.72. The monoisotopic (exact) mass is 433 g/mol. The number of fused-ring (bicyclic) bond motifs is 1. The quantitative estimate of drug-likeness (QED) is 0.339. The molecule has 1 amide bonds. The predicted molar refractivity (Wildman–Crippen MR) is 107 cm³/mol. The number of aromatic nitrogens is 4. The van der Waals surface area contributed by atoms with Crippen molar-refractivity contribution >= 4 is 35.0 Å². The van der Waals surface area contributed by atoms with Crippen LogP contribution in [0.5, 0.6) is 0 Å². The number of carboxylic acids is 2. The van der Waals surface area contributed by atoms with Gasteiger partial charge >= 0.3 is 11.9 Å². The summed E-state index contributed by atoms with van der Waals surface area (Å²) in [7, 11) is 0. The molecule has 0 spiro atoms. The first-order chi connectivity index (χ1) is 14.7. The van der Waals surface area contributed by atoms with Gasteiger partial charge in [-0.15, -0.1) is 0 Å². The highest BCUT2D eigenvalue weighted by Gasteiger charge is 2.29. The van der Waals surface area contributed by atoms with E-state index in [0.717, 1.165) is 0 Å². The Hall–Kier alpha value is -3.61. The fourth-order valence-corrected chi connectivity index (χ4v) is 3.44. The van der Waals surface area contributed by atoms with Crippen LogP contribution < -0.4 is 16.6 Å². The summed E-state index contributed by atoms with van der Waals surface area (Å²) in [5, 5.41) is 20.3. The Labute approximate surface area is 175 Å². The van der Waals surface area contributed by atoms with Crippen molar-refractivity contribution in [2.24, 2.45) is 5.92 Å². The lowest BCUT2D eigenvalue weighted by Gasteiger charge is -2.31. The summed E-state index contributed by atoms with van der Waals surface area (Å²) in [5.74, 6) is -3.16. The van der Waals surface area contributed by atoms with Gasteiger partial charge in [0.05, 0.1) is 11.9 Å². The maximum absolute atomic E-state index is 12.4. The number of nitrogens with one attached hydrogen (secondary N) is 2. The van der Waals surface area contributed by atoms with Crippen molar-refractivity contribution in [1.82, 2.24) is 30.2 Å². The molecule has 166 valence electrons. The van der Waals surface area contributed by atoms with Gasteiger partial charge < -0.3 is 21.3 Å². The highest BCUT2D eigenvalue weighted by Crippen LogP contribution is 2.19. The molecule has 0 radical (unpaired) electrons. The average Bonchev–Trinajstić information content (AvgIpc) is 2.71. The number of aliphatic carboxylic acids is 2. The van der Waals surface area contributed by atoms with Gasteiger partial charge in [-0.2, -0.15) is 4.98 Å². The van der Waals surface area contributed by atoms with Gasteiger partial charge in [-0.25, -0.2) is 14.8 Å². The Kier molecular flexibility index (Phi) is 6.74. The fraction of sp³-hybridized carbons (Fsp3) is 0.500. The zero-order valence-electron chi connectivity index (χ0n) is 16.6. The highest BCUT2D eigenvalue weighted by molar-refractivity contribution is 5.85. The molecule has 13 nitrogen and oxygen atoms in total. The number of hydrogen-bond donors (Lipinski definition) is 5. The van der Waals surface area contributed by atoms with Crippen molar-refractivity contribution in [2.75, 3.05) is 18.8 Å². The smallest absolute Gasteiger partial charge is 0.326 e. The van der Waals surface area contributed by atoms with Crippen LogP contribution in [0.15, 0.2) is 11.0 Å². The molecular weight excluding hydrogens is 410 g/mol. The van der Waals surface area contributed by atoms with Crippen molar-refractivity contribution in [2.45, 2.75) is 38.3 Å². The maximum Gasteiger partial charge on any atom is 0.326 e. The van der Waals surface area contributed by atoms with Crippen LogP contribution in [0.1, 0.15) is 31.4 Å². The predicted octanol–water partition coefficient (Wildman–Crippen LogP) is -1.06. The molecule has 2 aromatic heterocycles. The number of carboxylic acid groups (broad SMARTS) is 2. The van der Waals surface area contributed by atoms with Crippen molar-refractivity contribution in [3.63, 3.8) is 0 Å². The van der Waals surface area contributed by atoms with Crippen molar-refractivity contribution in [1.29, 1.82) is 0 Å². The summed E-state index contributed by atoms with van der Waals surface area (Å²) in [6.45, 7) is 1.57. The fourth-order valence-electron chi connectivity index (χ4n) is 3.44. The molecule has 6 N–H and O–H groups in total. The van der Waals surface area contributed by atoms with Crippen LogP contribution in [0.4, 0.5) is 5.95 Å². The second kappa shape index (κ2) is 9.47. The minimum absolute atomic E-state index is 0.0343. The van der Waals surface area contributed by atoms with E-state index in [1.54, 1.807) is 0 Å². The molecule has 1 fully saturated rings. The minimum atomic E-state index is -1.26. The first-order valence-corrected chi connectivity index (χ1v) is 9.71. The van der Waals surface area contributed by atoms with Gasteiger partial charge in [-0.05, 0) is 32.4 Å². The number of amides is 1. The summed E-state index contributed by atoms with van der Waals surface area (Å²) >= 11 is 0. The summed E-state index contributed by atoms with van der Waals surface area (Å²) in [6.07, 6.45) is 2.03. The molecule has 1 aliphatic heterocycles. The van der Waals surface area contributed by atoms with Gasteiger partial charge in [0.25, 0.3) is 5.56 Å². The number of carbonyl (C=O) groups excluding carboxylic acids is 1. The number of H-pyrrole nitrogens is 1. The maximum atomic E-state index is 12.4. The molecule has 3 heterocycles. The molecule has 2 aromatic rings. The molecule has 0 aliphatic carbocycles. The number of likely N-dealkylation sites (tertiary alicyclic amines) is 1. The number of piperidine rings is 1. The van der Waals surface area contributed by atoms with Gasteiger partial charge in [0.2, 0.25) is 11.9 Å². The second-order valence-electron chi connectivity index (χ2n) is 7.37. The zero-order valence-corrected chi connectivity index (χ0v) is 16.6. The first-order valence-electron chi connectivity index (χ1n) is 9.71. The van der Waals surface area contributed by atoms with Crippen LogP contribution in [0.2, 0.25) is 0 Å². The van der Waals surface area contributed by atoms with Crippen LogP contribution in [0, 0.1) is 5.92 Å². The molecule has 0 bridgehead atoms. The third-order valence-electron chi connectivity index (χ3n) is 5.09. The van der Waals surface area contributed by atoms with E-state index >= 15 is 0 Å². The largest absolute Gasteiger partial charge is 0.481 e. The van der Waals surface area contributed by atoms with E-state index < -0.39 is 29.4 Å². The molecule has 31 heavy (non-hydrogen) atoms. The Morgan fingerprint density at radius 2 is 1.97 bits per heavy atom. The zero-order chi connectivity index (χ0) is 22.5. The van der Waals surface area contributed by atoms with E-state index in [-0.39, 0.29) is 35.9 Å². The van der Waals surface area contributed by atoms with Gasteiger partial charge in [-0.1, -0.05) is 0 Å². The third-order valence-corrected chi connectivity index (χ3v) is 5.09. The van der Waals surface area contributed by atoms with Gasteiger partial charge in [0.1, 0.15) is 6.04 Å². The molecule has 3 rings (SSSR count). The Morgan fingerprint density at radius 1 is 1.26 bits per heavy atom. The topological polar surface area (TPSA) is 204 Å². The summed E-state index contributed by atoms with van der Waals surface area (Å²) in [5.41, 5.74) is 5.86. The van der Waals surface area contributed by atoms with Gasteiger partial charge in [0.15, 0.2) is 11.2 Å². The van der Waals surface area contributed by atoms with E-state index in [0.29, 0.717) is 38.2 Å². The molecule has 1 aliphatic rings. The number of rotatable bonds is 8. The van der Waals surface area contributed by atoms with Crippen molar-refractivity contribution in [3.8, 4) is 0 Å². The molecule has 1 atom stereocenters. The Bertz CT molecular complexity index is 1050. The summed E-state index contributed by atoms with van der Waals surface area (Å²) < 4.78 is 0. The summed E-state index contributed by atoms with van der Waals surface area (Å²) in [4.78, 5) is 63.1. The second-order valence-corrected chi connectivity index (χ2v) is 7.37. The van der Waals surface area contributed by atoms with Crippen molar-refractivity contribution in [3.05, 3.63) is 22.2 Å². The van der Waals surface area contributed by atoms with Crippen LogP contribution >= 0.6 is 0 Å². The van der Waals surface area contributed by atoms with Crippen LogP contribution in [0.3, 0.4) is 0 Å². The Morgan fingerprint density at radius 3 is 2.61 bits per heavy atom. The van der Waals surface area contributed by atoms with E-state index in [1.807, 2.05) is 0 Å². The van der Waals surface area contributed by atoms with E-state index in [9.17, 15) is 24.3 Å². The van der Waals surface area contributed by atoms with Crippen molar-refractivity contribution < 1.29 is 24.6 Å². The molecule has 0 unspecified atom stereocenters. The van der Waals surface area contributed by atoms with E-state index in [2.05, 4.69) is 30.2 Å². The SMILES string of the molecule is Nc1nc2ncc(CN3CCC(C(=O)N[C@@H](CCC(=O)O)C(=O)O)CC3)nc2c(=O)[nH]1. The number of aromatic amines is 1. The van der Waals surface area contributed by atoms with Gasteiger partial charge in [0, 0.05) is 18.9 Å². The lowest BCUT2D eigenvalue weighted by atomic mass is 9.95. The number of hydrogen-bond acceptors (Lipinski definition) is 9.